The average molecular weight is 433 g/mol. The van der Waals surface area contributed by atoms with Crippen LogP contribution in [0.3, 0.4) is 0 Å². The molecule has 2 rings (SSSR count). The number of halogens is 4. The van der Waals surface area contributed by atoms with Crippen molar-refractivity contribution in [1.82, 2.24) is 9.78 Å². The highest BCUT2D eigenvalue weighted by molar-refractivity contribution is 6.36. The lowest BCUT2D eigenvalue weighted by atomic mass is 9.98. The van der Waals surface area contributed by atoms with Crippen LogP contribution >= 0.6 is 11.6 Å². The third kappa shape index (κ3) is 5.23. The summed E-state index contributed by atoms with van der Waals surface area (Å²) in [6, 6.07) is 4.80. The van der Waals surface area contributed by atoms with Crippen LogP contribution in [0.25, 0.3) is 11.3 Å². The van der Waals surface area contributed by atoms with Gasteiger partial charge in [-0.1, -0.05) is 31.5 Å². The summed E-state index contributed by atoms with van der Waals surface area (Å²) in [5, 5.41) is 4.40. The van der Waals surface area contributed by atoms with Gasteiger partial charge in [0.15, 0.2) is 5.69 Å². The smallest absolute Gasteiger partial charge is 0.391 e. The molecule has 0 saturated heterocycles. The van der Waals surface area contributed by atoms with Crippen LogP contribution in [0.15, 0.2) is 18.2 Å². The summed E-state index contributed by atoms with van der Waals surface area (Å²) in [7, 11) is 1.43. The number of benzene rings is 1. The highest BCUT2D eigenvalue weighted by Crippen LogP contribution is 2.38. The first kappa shape index (κ1) is 23.1. The van der Waals surface area contributed by atoms with Gasteiger partial charge in [0.25, 0.3) is 0 Å². The first-order valence-corrected chi connectivity index (χ1v) is 9.69. The molecular formula is C20H24ClF3N2O3. The van der Waals surface area contributed by atoms with Gasteiger partial charge in [-0.25, -0.2) is 4.79 Å². The third-order valence-electron chi connectivity index (χ3n) is 4.42. The van der Waals surface area contributed by atoms with E-state index in [1.54, 1.807) is 29.8 Å². The zero-order valence-corrected chi connectivity index (χ0v) is 17.5. The van der Waals surface area contributed by atoms with Crippen LogP contribution in [-0.2, 0) is 17.7 Å². The number of carbonyl (C=O) groups excluding carboxylic acids is 1. The molecule has 1 aromatic heterocycles. The minimum Gasteiger partial charge on any atom is -0.496 e. The van der Waals surface area contributed by atoms with Gasteiger partial charge in [0.05, 0.1) is 25.3 Å². The van der Waals surface area contributed by atoms with E-state index in [1.807, 2.05) is 6.92 Å². The number of ether oxygens (including phenoxy) is 2. The van der Waals surface area contributed by atoms with Crippen LogP contribution in [0.4, 0.5) is 13.2 Å². The van der Waals surface area contributed by atoms with Crippen LogP contribution in [0.1, 0.15) is 43.2 Å². The quantitative estimate of drug-likeness (QED) is 0.514. The number of carbonyl (C=O) groups is 1. The fraction of sp³-hybridized carbons (Fsp3) is 0.500. The molecule has 29 heavy (non-hydrogen) atoms. The van der Waals surface area contributed by atoms with Crippen LogP contribution in [-0.4, -0.2) is 35.6 Å². The Kier molecular flexibility index (Phi) is 7.57. The van der Waals surface area contributed by atoms with Crippen molar-refractivity contribution in [3.05, 3.63) is 34.5 Å². The Hall–Kier alpha value is -2.22. The van der Waals surface area contributed by atoms with Gasteiger partial charge in [0.2, 0.25) is 0 Å². The number of methoxy groups -OCH3 is 1. The molecule has 1 atom stereocenters. The maximum atomic E-state index is 12.9. The molecule has 0 saturated carbocycles. The predicted molar refractivity (Wildman–Crippen MR) is 104 cm³/mol. The van der Waals surface area contributed by atoms with Gasteiger partial charge in [0, 0.05) is 12.1 Å². The SMILES string of the molecule is CCCn1nc(C(=O)OCC)c(Cl)c1-c1ccc(C[C@@H](C)C(F)(F)F)cc1OC. The van der Waals surface area contributed by atoms with Gasteiger partial charge in [-0.3, -0.25) is 4.68 Å². The highest BCUT2D eigenvalue weighted by atomic mass is 35.5. The predicted octanol–water partition coefficient (Wildman–Crippen LogP) is 5.54. The molecule has 1 heterocycles. The topological polar surface area (TPSA) is 53.4 Å². The van der Waals surface area contributed by atoms with Crippen LogP contribution in [0.2, 0.25) is 5.02 Å². The van der Waals surface area contributed by atoms with Gasteiger partial charge >= 0.3 is 12.1 Å². The minimum atomic E-state index is -4.27. The molecule has 0 amide bonds. The number of aromatic nitrogens is 2. The number of rotatable bonds is 8. The summed E-state index contributed by atoms with van der Waals surface area (Å²) >= 11 is 6.45. The molecule has 5 nitrogen and oxygen atoms in total. The van der Waals surface area contributed by atoms with Crippen molar-refractivity contribution >= 4 is 17.6 Å². The molecule has 0 aliphatic carbocycles. The van der Waals surface area contributed by atoms with Crippen LogP contribution < -0.4 is 4.74 Å². The van der Waals surface area contributed by atoms with Crippen molar-refractivity contribution < 1.29 is 27.4 Å². The van der Waals surface area contributed by atoms with Crippen molar-refractivity contribution in [3.8, 4) is 17.0 Å². The molecule has 0 radical (unpaired) electrons. The number of hydrogen-bond acceptors (Lipinski definition) is 4. The van der Waals surface area contributed by atoms with Crippen LogP contribution in [0.5, 0.6) is 5.75 Å². The van der Waals surface area contributed by atoms with E-state index in [0.29, 0.717) is 29.1 Å². The normalized spacial score (nSPS) is 12.7. The van der Waals surface area contributed by atoms with E-state index in [2.05, 4.69) is 5.10 Å². The zero-order chi connectivity index (χ0) is 21.8. The van der Waals surface area contributed by atoms with E-state index in [-0.39, 0.29) is 23.7 Å². The van der Waals surface area contributed by atoms with Crippen molar-refractivity contribution in [1.29, 1.82) is 0 Å². The van der Waals surface area contributed by atoms with E-state index in [0.717, 1.165) is 13.3 Å². The van der Waals surface area contributed by atoms with Gasteiger partial charge in [-0.05, 0) is 37.5 Å². The van der Waals surface area contributed by atoms with E-state index in [9.17, 15) is 18.0 Å². The van der Waals surface area contributed by atoms with Crippen molar-refractivity contribution in [2.45, 2.75) is 46.3 Å². The number of nitrogens with zero attached hydrogens (tertiary/aromatic N) is 2. The third-order valence-corrected chi connectivity index (χ3v) is 4.78. The van der Waals surface area contributed by atoms with Gasteiger partial charge in [-0.15, -0.1) is 0 Å². The van der Waals surface area contributed by atoms with Crippen molar-refractivity contribution in [2.24, 2.45) is 5.92 Å². The fourth-order valence-electron chi connectivity index (χ4n) is 2.93. The summed E-state index contributed by atoms with van der Waals surface area (Å²) in [4.78, 5) is 12.2. The lowest BCUT2D eigenvalue weighted by Crippen LogP contribution is -2.21. The lowest BCUT2D eigenvalue weighted by Gasteiger charge is -2.17. The van der Waals surface area contributed by atoms with E-state index in [4.69, 9.17) is 21.1 Å². The molecule has 160 valence electrons. The van der Waals surface area contributed by atoms with E-state index < -0.39 is 18.1 Å². The molecule has 0 spiro atoms. The fourth-order valence-corrected chi connectivity index (χ4v) is 3.24. The Balaban J connectivity index is 2.51. The molecule has 9 heteroatoms. The maximum Gasteiger partial charge on any atom is 0.391 e. The first-order valence-electron chi connectivity index (χ1n) is 9.31. The summed E-state index contributed by atoms with van der Waals surface area (Å²) in [6.45, 7) is 5.44. The Morgan fingerprint density at radius 3 is 2.55 bits per heavy atom. The molecule has 0 N–H and O–H groups in total. The Labute approximate surface area is 172 Å². The average Bonchev–Trinajstić information content (AvgIpc) is 2.97. The van der Waals surface area contributed by atoms with E-state index in [1.165, 1.54) is 7.11 Å². The molecule has 0 bridgehead atoms. The molecule has 2 aromatic rings. The zero-order valence-electron chi connectivity index (χ0n) is 16.8. The number of esters is 1. The Morgan fingerprint density at radius 1 is 1.31 bits per heavy atom. The van der Waals surface area contributed by atoms with E-state index >= 15 is 0 Å². The highest BCUT2D eigenvalue weighted by Gasteiger charge is 2.36. The van der Waals surface area contributed by atoms with Gasteiger partial charge in [-0.2, -0.15) is 18.3 Å². The first-order chi connectivity index (χ1) is 13.6. The molecular weight excluding hydrogens is 409 g/mol. The lowest BCUT2D eigenvalue weighted by molar-refractivity contribution is -0.169. The standard InChI is InChI=1S/C20H24ClF3N2O3/c1-5-9-26-18(16(21)17(25-26)19(27)29-6-2)14-8-7-13(11-15(14)28-4)10-12(3)20(22,23)24/h7-8,11-12H,5-6,9-10H2,1-4H3/t12-/m1/s1. The maximum absolute atomic E-state index is 12.9. The molecule has 0 aliphatic rings. The number of aryl methyl sites for hydroxylation is 1. The van der Waals surface area contributed by atoms with Gasteiger partial charge < -0.3 is 9.47 Å². The molecule has 1 aromatic carbocycles. The second-order valence-electron chi connectivity index (χ2n) is 6.64. The van der Waals surface area contributed by atoms with Gasteiger partial charge in [0.1, 0.15) is 10.8 Å². The van der Waals surface area contributed by atoms with Crippen LogP contribution in [0, 0.1) is 5.92 Å². The molecule has 0 aliphatic heterocycles. The number of alkyl halides is 3. The second-order valence-corrected chi connectivity index (χ2v) is 7.01. The second kappa shape index (κ2) is 9.52. The Bertz CT molecular complexity index is 865. The number of hydrogen-bond donors (Lipinski definition) is 0. The summed E-state index contributed by atoms with van der Waals surface area (Å²) < 4.78 is 50.7. The Morgan fingerprint density at radius 2 is 2.00 bits per heavy atom. The molecule has 0 unspecified atom stereocenters. The minimum absolute atomic E-state index is 0.00575. The summed E-state index contributed by atoms with van der Waals surface area (Å²) in [5.74, 6) is -1.77. The summed E-state index contributed by atoms with van der Waals surface area (Å²) in [5.41, 5.74) is 1.48. The van der Waals surface area contributed by atoms with Crippen molar-refractivity contribution in [3.63, 3.8) is 0 Å². The largest absolute Gasteiger partial charge is 0.496 e. The molecule has 0 fully saturated rings. The van der Waals surface area contributed by atoms with Crippen molar-refractivity contribution in [2.75, 3.05) is 13.7 Å². The monoisotopic (exact) mass is 432 g/mol. The summed E-state index contributed by atoms with van der Waals surface area (Å²) in [6.07, 6.45) is -3.71.